The lowest BCUT2D eigenvalue weighted by molar-refractivity contribution is 0.0810. The zero-order valence-corrected chi connectivity index (χ0v) is 35.0. The molecule has 2 unspecified atom stereocenters. The molecule has 0 aromatic heterocycles. The molecule has 0 aliphatic heterocycles. The molecule has 0 rings (SSSR count). The molecule has 48 heavy (non-hydrogen) atoms. The smallest absolute Gasteiger partial charge is 0.0387 e. The van der Waals surface area contributed by atoms with Crippen molar-refractivity contribution in [2.24, 2.45) is 0 Å². The molecule has 4 heteroatoms. The Morgan fingerprint density at radius 3 is 0.896 bits per heavy atom. The molecule has 0 N–H and O–H groups in total. The first-order valence-corrected chi connectivity index (χ1v) is 22.0. The van der Waals surface area contributed by atoms with Gasteiger partial charge in [-0.05, 0) is 68.2 Å². The van der Waals surface area contributed by atoms with E-state index in [2.05, 4.69) is 75.7 Å². The molecule has 0 aromatic rings. The summed E-state index contributed by atoms with van der Waals surface area (Å²) in [5.74, 6) is 0. The van der Waals surface area contributed by atoms with Crippen molar-refractivity contribution in [1.82, 2.24) is 19.6 Å². The van der Waals surface area contributed by atoms with E-state index in [0.29, 0.717) is 12.1 Å². The molecular weight excluding hydrogens is 585 g/mol. The van der Waals surface area contributed by atoms with Crippen LogP contribution in [0, 0.1) is 0 Å². The highest BCUT2D eigenvalue weighted by atomic mass is 15.3. The molecule has 0 saturated carbocycles. The zero-order valence-electron chi connectivity index (χ0n) is 35.0. The summed E-state index contributed by atoms with van der Waals surface area (Å²) in [6.07, 6.45) is 43.1. The lowest BCUT2D eigenvalue weighted by Crippen LogP contribution is -2.56. The second-order valence-electron chi connectivity index (χ2n) is 16.5. The second kappa shape index (κ2) is 36.6. The third-order valence-corrected chi connectivity index (χ3v) is 11.0. The van der Waals surface area contributed by atoms with Gasteiger partial charge in [0.1, 0.15) is 0 Å². The molecule has 0 amide bonds. The minimum absolute atomic E-state index is 0.551. The first kappa shape index (κ1) is 47.8. The minimum Gasteiger partial charge on any atom is -0.308 e. The summed E-state index contributed by atoms with van der Waals surface area (Å²) >= 11 is 0. The lowest BCUT2D eigenvalue weighted by atomic mass is 10.0. The van der Waals surface area contributed by atoms with Crippen LogP contribution in [0.15, 0.2) is 0 Å². The number of nitrogens with zero attached hydrogens (tertiary/aromatic N) is 4. The molecule has 4 nitrogen and oxygen atoms in total. The monoisotopic (exact) mass is 679 g/mol. The molecule has 0 bridgehead atoms. The van der Waals surface area contributed by atoms with Crippen LogP contribution in [-0.2, 0) is 0 Å². The summed E-state index contributed by atoms with van der Waals surface area (Å²) in [6.45, 7) is 9.37. The number of rotatable bonds is 39. The third-order valence-electron chi connectivity index (χ3n) is 11.0. The van der Waals surface area contributed by atoms with Crippen molar-refractivity contribution < 1.29 is 0 Å². The molecule has 0 heterocycles. The Morgan fingerprint density at radius 1 is 0.312 bits per heavy atom. The predicted molar refractivity (Wildman–Crippen MR) is 220 cm³/mol. The van der Waals surface area contributed by atoms with Crippen molar-refractivity contribution >= 4 is 0 Å². The van der Waals surface area contributed by atoms with E-state index in [9.17, 15) is 0 Å². The van der Waals surface area contributed by atoms with Crippen LogP contribution in [0.1, 0.15) is 206 Å². The molecular formula is C44H94N4. The van der Waals surface area contributed by atoms with Gasteiger partial charge in [0.05, 0.1) is 0 Å². The van der Waals surface area contributed by atoms with Crippen molar-refractivity contribution in [2.45, 2.75) is 219 Å². The predicted octanol–water partition coefficient (Wildman–Crippen LogP) is 12.5. The molecule has 2 atom stereocenters. The van der Waals surface area contributed by atoms with Gasteiger partial charge < -0.3 is 19.6 Å². The summed E-state index contributed by atoms with van der Waals surface area (Å²) in [7, 11) is 13.9. The summed E-state index contributed by atoms with van der Waals surface area (Å²) < 4.78 is 0. The van der Waals surface area contributed by atoms with Crippen molar-refractivity contribution in [1.29, 1.82) is 0 Å². The first-order chi connectivity index (χ1) is 23.3. The Kier molecular flexibility index (Phi) is 36.5. The first-order valence-electron chi connectivity index (χ1n) is 22.0. The van der Waals surface area contributed by atoms with Gasteiger partial charge in [0.25, 0.3) is 0 Å². The van der Waals surface area contributed by atoms with E-state index in [4.69, 9.17) is 0 Å². The molecule has 0 aliphatic carbocycles. The molecule has 0 radical (unpaired) electrons. The van der Waals surface area contributed by atoms with Gasteiger partial charge in [-0.3, -0.25) is 0 Å². The molecule has 290 valence electrons. The molecule has 0 aliphatic rings. The van der Waals surface area contributed by atoms with Gasteiger partial charge in [0.15, 0.2) is 0 Å². The molecule has 0 spiro atoms. The standard InChI is InChI=1S/C44H94N4/c1-9-11-13-15-17-19-21-23-25-26-28-30-32-34-36-38-40-48(8)44(41-45(3)4)43(46(5)6)42-47(7)39-37-35-33-31-29-27-24-22-20-18-16-14-12-10-2/h43-44H,9-42H2,1-8H3. The molecule has 0 aromatic carbocycles. The Hall–Kier alpha value is -0.160. The van der Waals surface area contributed by atoms with E-state index < -0.39 is 0 Å². The highest BCUT2D eigenvalue weighted by Crippen LogP contribution is 2.17. The fraction of sp³-hybridized carbons (Fsp3) is 1.00. The number of likely N-dealkylation sites (N-methyl/N-ethyl adjacent to an activating group) is 4. The van der Waals surface area contributed by atoms with Gasteiger partial charge in [0.2, 0.25) is 0 Å². The molecule has 0 saturated heterocycles. The van der Waals surface area contributed by atoms with Crippen LogP contribution in [0.4, 0.5) is 0 Å². The van der Waals surface area contributed by atoms with E-state index in [0.717, 1.165) is 13.1 Å². The van der Waals surface area contributed by atoms with Crippen LogP contribution < -0.4 is 0 Å². The zero-order chi connectivity index (χ0) is 35.5. The van der Waals surface area contributed by atoms with E-state index in [1.807, 2.05) is 0 Å². The van der Waals surface area contributed by atoms with Crippen LogP contribution >= 0.6 is 0 Å². The van der Waals surface area contributed by atoms with E-state index in [1.54, 1.807) is 0 Å². The van der Waals surface area contributed by atoms with Gasteiger partial charge in [-0.25, -0.2) is 0 Å². The normalized spacial score (nSPS) is 13.5. The Bertz CT molecular complexity index is 609. The van der Waals surface area contributed by atoms with Crippen molar-refractivity contribution in [3.8, 4) is 0 Å². The maximum absolute atomic E-state index is 2.69. The Morgan fingerprint density at radius 2 is 0.604 bits per heavy atom. The van der Waals surface area contributed by atoms with Gasteiger partial charge in [0, 0.05) is 25.2 Å². The van der Waals surface area contributed by atoms with Crippen molar-refractivity contribution in [3.63, 3.8) is 0 Å². The summed E-state index contributed by atoms with van der Waals surface area (Å²) in [5.41, 5.74) is 0. The number of hydrogen-bond acceptors (Lipinski definition) is 4. The van der Waals surface area contributed by atoms with E-state index in [-0.39, 0.29) is 0 Å². The second-order valence-corrected chi connectivity index (χ2v) is 16.5. The SMILES string of the molecule is CCCCCCCCCCCCCCCCCCN(C)C(CN(C)C)C(CN(C)CCCCCCCCCCCCCCCC)N(C)C. The van der Waals surface area contributed by atoms with E-state index in [1.165, 1.54) is 206 Å². The minimum atomic E-state index is 0.551. The molecule has 0 fully saturated rings. The van der Waals surface area contributed by atoms with E-state index >= 15 is 0 Å². The van der Waals surface area contributed by atoms with Crippen molar-refractivity contribution in [2.75, 3.05) is 68.5 Å². The van der Waals surface area contributed by atoms with Crippen LogP contribution in [0.25, 0.3) is 0 Å². The van der Waals surface area contributed by atoms with Gasteiger partial charge >= 0.3 is 0 Å². The highest BCUT2D eigenvalue weighted by molar-refractivity contribution is 4.87. The van der Waals surface area contributed by atoms with Gasteiger partial charge in [-0.15, -0.1) is 0 Å². The van der Waals surface area contributed by atoms with Crippen LogP contribution in [0.2, 0.25) is 0 Å². The highest BCUT2D eigenvalue weighted by Gasteiger charge is 2.28. The van der Waals surface area contributed by atoms with Gasteiger partial charge in [-0.2, -0.15) is 0 Å². The maximum Gasteiger partial charge on any atom is 0.0387 e. The van der Waals surface area contributed by atoms with Gasteiger partial charge in [-0.1, -0.05) is 194 Å². The third kappa shape index (κ3) is 31.8. The summed E-state index contributed by atoms with van der Waals surface area (Å²) in [4.78, 5) is 10.2. The lowest BCUT2D eigenvalue weighted by Gasteiger charge is -2.41. The topological polar surface area (TPSA) is 13.0 Å². The van der Waals surface area contributed by atoms with Crippen molar-refractivity contribution in [3.05, 3.63) is 0 Å². The average molecular weight is 679 g/mol. The van der Waals surface area contributed by atoms with Crippen LogP contribution in [0.5, 0.6) is 0 Å². The Labute approximate surface area is 305 Å². The largest absolute Gasteiger partial charge is 0.308 e. The number of unbranched alkanes of at least 4 members (excludes halogenated alkanes) is 28. The van der Waals surface area contributed by atoms with Crippen LogP contribution in [0.3, 0.4) is 0 Å². The Balaban J connectivity index is 4.08. The van der Waals surface area contributed by atoms with Crippen LogP contribution in [-0.4, -0.2) is 100 Å². The fourth-order valence-electron chi connectivity index (χ4n) is 7.62. The fourth-order valence-corrected chi connectivity index (χ4v) is 7.62. The number of hydrogen-bond donors (Lipinski definition) is 0. The maximum atomic E-state index is 2.69. The quantitative estimate of drug-likeness (QED) is 0.0600. The summed E-state index contributed by atoms with van der Waals surface area (Å²) in [5, 5.41) is 0. The average Bonchev–Trinajstić information content (AvgIpc) is 3.05. The summed E-state index contributed by atoms with van der Waals surface area (Å²) in [6, 6.07) is 1.11.